The third kappa shape index (κ3) is 8.51. The lowest BCUT2D eigenvalue weighted by Crippen LogP contribution is -2.51. The Kier molecular flexibility index (Phi) is 10.9. The minimum atomic E-state index is -4.83. The van der Waals surface area contributed by atoms with Crippen LogP contribution in [0, 0.1) is 0 Å². The van der Waals surface area contributed by atoms with E-state index in [2.05, 4.69) is 48.4 Å². The molecule has 59 heavy (non-hydrogen) atoms. The first-order valence-corrected chi connectivity index (χ1v) is 19.1. The number of alkyl halides is 5. The Morgan fingerprint density at radius 1 is 1.03 bits per heavy atom. The van der Waals surface area contributed by atoms with E-state index in [1.54, 1.807) is 12.1 Å². The second-order valence-corrected chi connectivity index (χ2v) is 15.0. The SMILES string of the molecule is NC(=O)c1coc(-c2ccnc(N(CC(F)(F)F)c3cn(-c4ccc(N5CCN(Cc6ccc7c(c6)CN(C6CCC(=O)NC6=O)C7S)CC5)cc4)nc3C(F)F)c2)n1. The first-order chi connectivity index (χ1) is 28.2. The molecule has 20 heteroatoms. The largest absolute Gasteiger partial charge is 0.444 e. The van der Waals surface area contributed by atoms with Crippen molar-refractivity contribution >= 4 is 47.5 Å². The molecule has 8 rings (SSSR count). The number of piperazine rings is 1. The fourth-order valence-corrected chi connectivity index (χ4v) is 8.18. The number of primary amides is 1. The molecule has 0 radical (unpaired) electrons. The van der Waals surface area contributed by atoms with Gasteiger partial charge in [-0.3, -0.25) is 29.5 Å². The number of aromatic nitrogens is 4. The summed E-state index contributed by atoms with van der Waals surface area (Å²) in [6, 6.07) is 15.4. The second kappa shape index (κ2) is 16.1. The van der Waals surface area contributed by atoms with Crippen molar-refractivity contribution in [1.82, 2.24) is 34.9 Å². The molecule has 0 aliphatic carbocycles. The average Bonchev–Trinajstić information content (AvgIpc) is 3.96. The van der Waals surface area contributed by atoms with Crippen molar-refractivity contribution in [3.05, 3.63) is 101 Å². The number of hydrogen-bond acceptors (Lipinski definition) is 12. The molecule has 308 valence electrons. The fraction of sp³-hybridized carbons (Fsp3) is 0.333. The number of anilines is 3. The van der Waals surface area contributed by atoms with Gasteiger partial charge in [0.15, 0.2) is 11.4 Å². The van der Waals surface area contributed by atoms with Crippen LogP contribution in [0.5, 0.6) is 0 Å². The summed E-state index contributed by atoms with van der Waals surface area (Å²) in [5.74, 6) is -1.88. The highest BCUT2D eigenvalue weighted by atomic mass is 32.1. The van der Waals surface area contributed by atoms with Crippen LogP contribution in [-0.4, -0.2) is 92.2 Å². The molecule has 2 fully saturated rings. The molecule has 14 nitrogen and oxygen atoms in total. The Morgan fingerprint density at radius 2 is 1.78 bits per heavy atom. The maximum absolute atomic E-state index is 14.4. The quantitative estimate of drug-likeness (QED) is 0.0873. The van der Waals surface area contributed by atoms with Gasteiger partial charge in [-0.2, -0.15) is 30.9 Å². The number of hydrogen-bond donors (Lipinski definition) is 3. The minimum absolute atomic E-state index is 0.131. The van der Waals surface area contributed by atoms with Crippen LogP contribution < -0.4 is 20.9 Å². The number of thiol groups is 1. The van der Waals surface area contributed by atoms with Gasteiger partial charge in [0.05, 0.1) is 29.0 Å². The van der Waals surface area contributed by atoms with Gasteiger partial charge >= 0.3 is 6.18 Å². The highest BCUT2D eigenvalue weighted by molar-refractivity contribution is 7.80. The number of carbonyl (C=O) groups excluding carboxylic acids is 3. The summed E-state index contributed by atoms with van der Waals surface area (Å²) in [5, 5.41) is 6.20. The van der Waals surface area contributed by atoms with Crippen LogP contribution in [0.1, 0.15) is 57.5 Å². The zero-order valence-electron chi connectivity index (χ0n) is 31.1. The molecule has 3 N–H and O–H groups in total. The van der Waals surface area contributed by atoms with E-state index in [-0.39, 0.29) is 40.2 Å². The summed E-state index contributed by atoms with van der Waals surface area (Å²) < 4.78 is 77.1. The average molecular weight is 837 g/mol. The molecule has 2 unspecified atom stereocenters. The van der Waals surface area contributed by atoms with Gasteiger partial charge in [0.25, 0.3) is 12.3 Å². The number of benzene rings is 2. The van der Waals surface area contributed by atoms with Crippen LogP contribution in [0.3, 0.4) is 0 Å². The Hall–Kier alpha value is -5.86. The smallest absolute Gasteiger partial charge is 0.406 e. The zero-order valence-corrected chi connectivity index (χ0v) is 32.0. The molecule has 3 aliphatic rings. The number of fused-ring (bicyclic) bond motifs is 1. The number of nitrogens with zero attached hydrogens (tertiary/aromatic N) is 8. The summed E-state index contributed by atoms with van der Waals surface area (Å²) in [5.41, 5.74) is 8.30. The van der Waals surface area contributed by atoms with Crippen molar-refractivity contribution in [2.45, 2.75) is 49.9 Å². The number of piperidine rings is 1. The third-order valence-corrected chi connectivity index (χ3v) is 11.2. The molecule has 2 saturated heterocycles. The van der Waals surface area contributed by atoms with E-state index in [0.717, 1.165) is 65.4 Å². The van der Waals surface area contributed by atoms with Crippen molar-refractivity contribution in [3.63, 3.8) is 0 Å². The van der Waals surface area contributed by atoms with Gasteiger partial charge in [-0.05, 0) is 59.5 Å². The van der Waals surface area contributed by atoms with Gasteiger partial charge < -0.3 is 20.0 Å². The number of rotatable bonds is 11. The molecule has 2 atom stereocenters. The number of nitrogens with one attached hydrogen (secondary N) is 1. The predicted molar refractivity (Wildman–Crippen MR) is 207 cm³/mol. The lowest BCUT2D eigenvalue weighted by atomic mass is 10.0. The van der Waals surface area contributed by atoms with Gasteiger partial charge in [0.1, 0.15) is 18.6 Å². The summed E-state index contributed by atoms with van der Waals surface area (Å²) >= 11 is 4.80. The number of halogens is 5. The lowest BCUT2D eigenvalue weighted by molar-refractivity contribution is -0.137. The van der Waals surface area contributed by atoms with Crippen molar-refractivity contribution in [2.75, 3.05) is 42.5 Å². The van der Waals surface area contributed by atoms with Gasteiger partial charge in [-0.25, -0.2) is 23.4 Å². The van der Waals surface area contributed by atoms with Crippen LogP contribution in [0.4, 0.5) is 39.1 Å². The summed E-state index contributed by atoms with van der Waals surface area (Å²) in [6.45, 7) is 2.59. The second-order valence-electron chi connectivity index (χ2n) is 14.5. The van der Waals surface area contributed by atoms with Crippen molar-refractivity contribution in [3.8, 4) is 17.1 Å². The van der Waals surface area contributed by atoms with E-state index in [9.17, 15) is 36.3 Å². The molecule has 6 heterocycles. The number of imide groups is 1. The molecule has 3 aliphatic heterocycles. The highest BCUT2D eigenvalue weighted by Gasteiger charge is 2.39. The Morgan fingerprint density at radius 3 is 2.46 bits per heavy atom. The van der Waals surface area contributed by atoms with Crippen LogP contribution in [-0.2, 0) is 22.7 Å². The maximum atomic E-state index is 14.4. The summed E-state index contributed by atoms with van der Waals surface area (Å²) in [6.07, 6.45) is -4.02. The first kappa shape index (κ1) is 39.9. The standard InChI is InChI=1S/C39H37F5N10O4S/c40-34(41)33-30(53(21-39(42,43)44)31-16-23(9-10-46-31)37-47-28(20-58-37)35(45)56)19-54(49-33)26-4-2-25(3-5-26)51-13-11-50(12-14-51)17-22-1-6-27-24(15-22)18-52(38(27)59)29-7-8-32(55)48-36(29)57/h1-6,9-10,15-16,19-20,29,34,38,59H,7-8,11-14,17-18,21H2,(H2,45,56)(H,48,55,57). The molecule has 3 amide bonds. The number of oxazole rings is 1. The number of amides is 3. The number of pyridine rings is 1. The molecular weight excluding hydrogens is 800 g/mol. The van der Waals surface area contributed by atoms with E-state index >= 15 is 0 Å². The topological polar surface area (TPSA) is 159 Å². The number of carbonyl (C=O) groups is 3. The minimum Gasteiger partial charge on any atom is -0.444 e. The molecule has 0 bridgehead atoms. The van der Waals surface area contributed by atoms with Gasteiger partial charge in [0, 0.05) is 63.1 Å². The van der Waals surface area contributed by atoms with Gasteiger partial charge in [-0.1, -0.05) is 18.2 Å². The van der Waals surface area contributed by atoms with Crippen LogP contribution in [0.2, 0.25) is 0 Å². The Labute approximate surface area is 339 Å². The maximum Gasteiger partial charge on any atom is 0.406 e. The van der Waals surface area contributed by atoms with Crippen molar-refractivity contribution in [1.29, 1.82) is 0 Å². The third-order valence-electron chi connectivity index (χ3n) is 10.6. The highest BCUT2D eigenvalue weighted by Crippen LogP contribution is 2.40. The monoisotopic (exact) mass is 836 g/mol. The lowest BCUT2D eigenvalue weighted by Gasteiger charge is -2.36. The first-order valence-electron chi connectivity index (χ1n) is 18.6. The van der Waals surface area contributed by atoms with Crippen LogP contribution >= 0.6 is 12.6 Å². The molecule has 3 aromatic heterocycles. The molecule has 2 aromatic carbocycles. The number of nitrogens with two attached hydrogens (primary N) is 1. The Bertz CT molecular complexity index is 2380. The van der Waals surface area contributed by atoms with Gasteiger partial charge in [0.2, 0.25) is 17.7 Å². The van der Waals surface area contributed by atoms with E-state index in [0.29, 0.717) is 43.1 Å². The zero-order chi connectivity index (χ0) is 41.6. The van der Waals surface area contributed by atoms with Crippen LogP contribution in [0.25, 0.3) is 17.1 Å². The molecule has 0 saturated carbocycles. The predicted octanol–water partition coefficient (Wildman–Crippen LogP) is 5.53. The van der Waals surface area contributed by atoms with E-state index in [1.807, 2.05) is 17.0 Å². The molecule has 5 aromatic rings. The summed E-state index contributed by atoms with van der Waals surface area (Å²) in [4.78, 5) is 50.8. The van der Waals surface area contributed by atoms with E-state index in [1.165, 1.54) is 12.1 Å². The van der Waals surface area contributed by atoms with Crippen molar-refractivity contribution < 1.29 is 40.8 Å². The van der Waals surface area contributed by atoms with Gasteiger partial charge in [-0.15, -0.1) is 0 Å². The van der Waals surface area contributed by atoms with E-state index < -0.39 is 42.5 Å². The Balaban J connectivity index is 0.937. The van der Waals surface area contributed by atoms with E-state index in [4.69, 9.17) is 22.8 Å². The fourth-order valence-electron chi connectivity index (χ4n) is 7.69. The van der Waals surface area contributed by atoms with Crippen LogP contribution in [0.15, 0.2) is 77.7 Å². The molecule has 0 spiro atoms. The normalized spacial score (nSPS) is 19.0. The summed E-state index contributed by atoms with van der Waals surface area (Å²) in [7, 11) is 0. The van der Waals surface area contributed by atoms with Crippen molar-refractivity contribution in [2.24, 2.45) is 5.73 Å². The molecular formula is C39H37F5N10O4S.